The van der Waals surface area contributed by atoms with E-state index in [1.54, 1.807) is 0 Å². The number of hydrogen-bond donors (Lipinski definition) is 1. The first-order valence-corrected chi connectivity index (χ1v) is 9.49. The molecule has 0 aliphatic heterocycles. The van der Waals surface area contributed by atoms with Crippen LogP contribution in [0.1, 0.15) is 22.4 Å². The van der Waals surface area contributed by atoms with Gasteiger partial charge in [0.15, 0.2) is 0 Å². The molecule has 0 saturated heterocycles. The normalized spacial score (nSPS) is 10.8. The monoisotopic (exact) mass is 368 g/mol. The summed E-state index contributed by atoms with van der Waals surface area (Å²) >= 11 is 0. The van der Waals surface area contributed by atoms with E-state index in [-0.39, 0.29) is 0 Å². The van der Waals surface area contributed by atoms with Crippen LogP contribution in [0.3, 0.4) is 0 Å². The molecule has 0 atom stereocenters. The highest BCUT2D eigenvalue weighted by atomic mass is 15.3. The lowest BCUT2D eigenvalue weighted by molar-refractivity contribution is 0.868. The first-order valence-electron chi connectivity index (χ1n) is 9.49. The molecule has 4 nitrogen and oxygen atoms in total. The summed E-state index contributed by atoms with van der Waals surface area (Å²) in [5, 5.41) is 8.16. The number of anilines is 1. The Morgan fingerprint density at radius 2 is 1.75 bits per heavy atom. The molecule has 2 heterocycles. The van der Waals surface area contributed by atoms with E-state index < -0.39 is 0 Å². The number of aromatic nitrogens is 3. The molecule has 0 spiro atoms. The van der Waals surface area contributed by atoms with Crippen molar-refractivity contribution < 1.29 is 0 Å². The molecule has 0 amide bonds. The maximum Gasteiger partial charge on any atom is 0.126 e. The molecule has 0 radical (unpaired) electrons. The Morgan fingerprint density at radius 3 is 2.57 bits per heavy atom. The van der Waals surface area contributed by atoms with Crippen molar-refractivity contribution >= 4 is 5.82 Å². The highest BCUT2D eigenvalue weighted by Gasteiger charge is 2.11. The van der Waals surface area contributed by atoms with Crippen LogP contribution in [0.15, 0.2) is 72.9 Å². The fourth-order valence-electron chi connectivity index (χ4n) is 3.34. The topological polar surface area (TPSA) is 42.7 Å². The minimum absolute atomic E-state index is 0.749. The summed E-state index contributed by atoms with van der Waals surface area (Å²) in [6, 6.07) is 23.0. The van der Waals surface area contributed by atoms with Crippen molar-refractivity contribution in [2.24, 2.45) is 0 Å². The molecule has 4 rings (SSSR count). The van der Waals surface area contributed by atoms with Gasteiger partial charge in [0.2, 0.25) is 0 Å². The Hall–Kier alpha value is -3.40. The number of rotatable bonds is 5. The van der Waals surface area contributed by atoms with Crippen LogP contribution in [0, 0.1) is 20.8 Å². The largest absolute Gasteiger partial charge is 0.366 e. The highest BCUT2D eigenvalue weighted by molar-refractivity contribution is 5.65. The Labute approximate surface area is 165 Å². The second kappa shape index (κ2) is 7.69. The van der Waals surface area contributed by atoms with Crippen LogP contribution in [-0.4, -0.2) is 14.8 Å². The number of aryl methyl sites for hydroxylation is 3. The van der Waals surface area contributed by atoms with Crippen molar-refractivity contribution in [1.82, 2.24) is 14.8 Å². The molecule has 28 heavy (non-hydrogen) atoms. The number of hydrogen-bond acceptors (Lipinski definition) is 3. The third-order valence-electron chi connectivity index (χ3n) is 4.85. The molecule has 0 aliphatic rings. The van der Waals surface area contributed by atoms with Crippen LogP contribution in [0.4, 0.5) is 5.82 Å². The lowest BCUT2D eigenvalue weighted by atomic mass is 10.1. The summed E-state index contributed by atoms with van der Waals surface area (Å²) < 4.78 is 2.00. The minimum Gasteiger partial charge on any atom is -0.366 e. The van der Waals surface area contributed by atoms with E-state index in [0.29, 0.717) is 0 Å². The second-order valence-corrected chi connectivity index (χ2v) is 7.13. The second-order valence-electron chi connectivity index (χ2n) is 7.13. The Morgan fingerprint density at radius 1 is 0.893 bits per heavy atom. The number of benzene rings is 2. The molecule has 1 N–H and O–H groups in total. The SMILES string of the molecule is Cc1cccc(-n2nc(C)cc2-c2ccnc(NCc3ccccc3C)c2)c1. The molecule has 4 heteroatoms. The van der Waals surface area contributed by atoms with Crippen LogP contribution in [0.5, 0.6) is 0 Å². The van der Waals surface area contributed by atoms with Crippen molar-refractivity contribution in [2.45, 2.75) is 27.3 Å². The molecule has 0 unspecified atom stereocenters. The van der Waals surface area contributed by atoms with Gasteiger partial charge in [0, 0.05) is 18.3 Å². The zero-order chi connectivity index (χ0) is 19.5. The van der Waals surface area contributed by atoms with Gasteiger partial charge < -0.3 is 5.32 Å². The van der Waals surface area contributed by atoms with Gasteiger partial charge in [-0.25, -0.2) is 9.67 Å². The van der Waals surface area contributed by atoms with E-state index in [9.17, 15) is 0 Å². The first kappa shape index (κ1) is 18.0. The Bertz CT molecular complexity index is 1110. The van der Waals surface area contributed by atoms with E-state index in [2.05, 4.69) is 84.8 Å². The van der Waals surface area contributed by atoms with Crippen molar-refractivity contribution in [1.29, 1.82) is 0 Å². The van der Waals surface area contributed by atoms with Gasteiger partial charge in [-0.15, -0.1) is 0 Å². The van der Waals surface area contributed by atoms with E-state index in [0.717, 1.165) is 35.0 Å². The maximum absolute atomic E-state index is 4.71. The molecule has 140 valence electrons. The van der Waals surface area contributed by atoms with Gasteiger partial charge in [0.1, 0.15) is 5.82 Å². The standard InChI is InChI=1S/C24H24N4/c1-17-7-6-10-22(13-17)28-23(14-19(3)27-28)20-11-12-25-24(15-20)26-16-21-9-5-4-8-18(21)2/h4-15H,16H2,1-3H3,(H,25,26). The third kappa shape index (κ3) is 3.81. The third-order valence-corrected chi connectivity index (χ3v) is 4.85. The lowest BCUT2D eigenvalue weighted by Crippen LogP contribution is -2.04. The zero-order valence-corrected chi connectivity index (χ0v) is 16.5. The zero-order valence-electron chi connectivity index (χ0n) is 16.5. The molecule has 0 bridgehead atoms. The molecule has 0 saturated carbocycles. The predicted octanol–water partition coefficient (Wildman–Crippen LogP) is 5.47. The van der Waals surface area contributed by atoms with E-state index in [4.69, 9.17) is 5.10 Å². The fraction of sp³-hybridized carbons (Fsp3) is 0.167. The molecule has 0 fully saturated rings. The predicted molar refractivity (Wildman–Crippen MR) is 115 cm³/mol. The Balaban J connectivity index is 1.64. The van der Waals surface area contributed by atoms with Crippen LogP contribution >= 0.6 is 0 Å². The van der Waals surface area contributed by atoms with Gasteiger partial charge in [-0.2, -0.15) is 5.10 Å². The highest BCUT2D eigenvalue weighted by Crippen LogP contribution is 2.26. The number of nitrogens with zero attached hydrogens (tertiary/aromatic N) is 3. The summed E-state index contributed by atoms with van der Waals surface area (Å²) in [6.45, 7) is 7.00. The van der Waals surface area contributed by atoms with Gasteiger partial charge in [0.25, 0.3) is 0 Å². The van der Waals surface area contributed by atoms with Gasteiger partial charge in [0.05, 0.1) is 17.1 Å². The van der Waals surface area contributed by atoms with Crippen molar-refractivity contribution in [3.63, 3.8) is 0 Å². The van der Waals surface area contributed by atoms with Gasteiger partial charge in [-0.3, -0.25) is 0 Å². The summed E-state index contributed by atoms with van der Waals surface area (Å²) in [6.07, 6.45) is 1.85. The van der Waals surface area contributed by atoms with Crippen LogP contribution < -0.4 is 5.32 Å². The van der Waals surface area contributed by atoms with Crippen LogP contribution in [0.2, 0.25) is 0 Å². The molecule has 0 aliphatic carbocycles. The minimum atomic E-state index is 0.749. The molecular formula is C24H24N4. The van der Waals surface area contributed by atoms with Gasteiger partial charge >= 0.3 is 0 Å². The smallest absolute Gasteiger partial charge is 0.126 e. The molecule has 4 aromatic rings. The average molecular weight is 368 g/mol. The molecular weight excluding hydrogens is 344 g/mol. The fourth-order valence-corrected chi connectivity index (χ4v) is 3.34. The average Bonchev–Trinajstić information content (AvgIpc) is 3.09. The Kier molecular flexibility index (Phi) is 4.94. The van der Waals surface area contributed by atoms with Crippen molar-refractivity contribution in [3.05, 3.63) is 95.3 Å². The first-order chi connectivity index (χ1) is 13.6. The quantitative estimate of drug-likeness (QED) is 0.508. The van der Waals surface area contributed by atoms with Gasteiger partial charge in [-0.05, 0) is 67.8 Å². The van der Waals surface area contributed by atoms with E-state index >= 15 is 0 Å². The summed E-state index contributed by atoms with van der Waals surface area (Å²) in [7, 11) is 0. The maximum atomic E-state index is 4.71. The lowest BCUT2D eigenvalue weighted by Gasteiger charge is -2.11. The van der Waals surface area contributed by atoms with Crippen LogP contribution in [0.25, 0.3) is 16.9 Å². The van der Waals surface area contributed by atoms with Crippen molar-refractivity contribution in [2.75, 3.05) is 5.32 Å². The molecule has 2 aromatic heterocycles. The molecule has 2 aromatic carbocycles. The van der Waals surface area contributed by atoms with E-state index in [1.165, 1.54) is 16.7 Å². The van der Waals surface area contributed by atoms with Gasteiger partial charge in [-0.1, -0.05) is 36.4 Å². The number of pyridine rings is 1. The number of nitrogens with one attached hydrogen (secondary N) is 1. The summed E-state index contributed by atoms with van der Waals surface area (Å²) in [5.41, 5.74) is 7.97. The van der Waals surface area contributed by atoms with E-state index in [1.807, 2.05) is 23.9 Å². The van der Waals surface area contributed by atoms with Crippen LogP contribution in [-0.2, 0) is 6.54 Å². The summed E-state index contributed by atoms with van der Waals surface area (Å²) in [5.74, 6) is 0.857. The van der Waals surface area contributed by atoms with Crippen molar-refractivity contribution in [3.8, 4) is 16.9 Å². The summed E-state index contributed by atoms with van der Waals surface area (Å²) in [4.78, 5) is 4.49.